The Balaban J connectivity index is 1.76. The van der Waals surface area contributed by atoms with E-state index < -0.39 is 33.7 Å². The second-order valence-electron chi connectivity index (χ2n) is 6.17. The Hall–Kier alpha value is -0.920. The van der Waals surface area contributed by atoms with Gasteiger partial charge in [0.15, 0.2) is 0 Å². The lowest BCUT2D eigenvalue weighted by atomic mass is 9.93. The number of aliphatic imine (C=N–C) groups is 1. The Kier molecular flexibility index (Phi) is 3.83. The van der Waals surface area contributed by atoms with Gasteiger partial charge in [-0.1, -0.05) is 19.3 Å². The molecule has 1 saturated heterocycles. The van der Waals surface area contributed by atoms with Gasteiger partial charge in [-0.2, -0.15) is 0 Å². The summed E-state index contributed by atoms with van der Waals surface area (Å²) in [6.07, 6.45) is 3.48. The summed E-state index contributed by atoms with van der Waals surface area (Å²) < 4.78 is 58.9. The van der Waals surface area contributed by atoms with Gasteiger partial charge in [-0.3, -0.25) is 0 Å². The molecule has 1 N–H and O–H groups in total. The molecule has 3 fully saturated rings. The van der Waals surface area contributed by atoms with Crippen molar-refractivity contribution in [3.8, 4) is 0 Å². The van der Waals surface area contributed by atoms with E-state index in [-0.39, 0.29) is 24.9 Å². The predicted octanol–water partition coefficient (Wildman–Crippen LogP) is 2.18. The summed E-state index contributed by atoms with van der Waals surface area (Å²) in [6.45, 7) is 0. The highest BCUT2D eigenvalue weighted by Gasteiger charge is 2.51. The number of sulfonamides is 1. The summed E-state index contributed by atoms with van der Waals surface area (Å²) in [5.74, 6) is -2.93. The summed E-state index contributed by atoms with van der Waals surface area (Å²) in [6, 6.07) is 0.0615. The van der Waals surface area contributed by atoms with Crippen LogP contribution < -0.4 is 4.72 Å². The SMILES string of the molecule is O=S1(=O)NC(=NC2CCCCC2)OC2CCC(F)(F)CC21. The van der Waals surface area contributed by atoms with Crippen LogP contribution in [0.25, 0.3) is 0 Å². The number of hydrogen-bond acceptors (Lipinski definition) is 4. The van der Waals surface area contributed by atoms with Gasteiger partial charge < -0.3 is 4.74 Å². The molecule has 5 nitrogen and oxygen atoms in total. The molecule has 2 saturated carbocycles. The van der Waals surface area contributed by atoms with Crippen molar-refractivity contribution >= 4 is 16.0 Å². The van der Waals surface area contributed by atoms with Crippen molar-refractivity contribution in [2.24, 2.45) is 4.99 Å². The smallest absolute Gasteiger partial charge is 0.299 e. The second kappa shape index (κ2) is 5.37. The first-order chi connectivity index (χ1) is 9.86. The molecule has 0 aromatic rings. The highest BCUT2D eigenvalue weighted by atomic mass is 32.2. The molecule has 2 atom stereocenters. The molecule has 0 radical (unpaired) electrons. The third kappa shape index (κ3) is 3.30. The Labute approximate surface area is 123 Å². The van der Waals surface area contributed by atoms with E-state index in [1.165, 1.54) is 6.42 Å². The zero-order chi connectivity index (χ0) is 15.1. The number of nitrogens with zero attached hydrogens (tertiary/aromatic N) is 1. The standard InChI is InChI=1S/C13H20F2N2O3S/c14-13(15)7-6-10-11(8-13)21(18,19)17-12(20-10)16-9-4-2-1-3-5-9/h9-11H,1-8H2,(H,16,17). The zero-order valence-corrected chi connectivity index (χ0v) is 12.5. The predicted molar refractivity (Wildman–Crippen MR) is 73.8 cm³/mol. The maximum Gasteiger partial charge on any atom is 0.299 e. The minimum Gasteiger partial charge on any atom is -0.460 e. The van der Waals surface area contributed by atoms with Gasteiger partial charge >= 0.3 is 0 Å². The third-order valence-corrected chi connectivity index (χ3v) is 6.20. The first-order valence-corrected chi connectivity index (χ1v) is 9.04. The number of nitrogens with one attached hydrogen (secondary N) is 1. The number of rotatable bonds is 1. The first kappa shape index (κ1) is 15.0. The van der Waals surface area contributed by atoms with E-state index >= 15 is 0 Å². The molecule has 0 bridgehead atoms. The van der Waals surface area contributed by atoms with Crippen molar-refractivity contribution in [2.75, 3.05) is 0 Å². The molecule has 0 aromatic carbocycles. The molecule has 2 unspecified atom stereocenters. The lowest BCUT2D eigenvalue weighted by Crippen LogP contribution is -2.57. The summed E-state index contributed by atoms with van der Waals surface area (Å²) in [4.78, 5) is 4.33. The number of halogens is 2. The van der Waals surface area contributed by atoms with Gasteiger partial charge in [0.2, 0.25) is 15.9 Å². The van der Waals surface area contributed by atoms with Gasteiger partial charge in [0, 0.05) is 12.8 Å². The van der Waals surface area contributed by atoms with E-state index in [9.17, 15) is 17.2 Å². The Morgan fingerprint density at radius 1 is 1.19 bits per heavy atom. The number of ether oxygens (including phenoxy) is 1. The van der Waals surface area contributed by atoms with Crippen LogP contribution in [0.2, 0.25) is 0 Å². The quantitative estimate of drug-likeness (QED) is 0.804. The second-order valence-corrected chi connectivity index (χ2v) is 8.07. The fourth-order valence-electron chi connectivity index (χ4n) is 3.31. The van der Waals surface area contributed by atoms with E-state index in [4.69, 9.17) is 4.74 Å². The van der Waals surface area contributed by atoms with Crippen LogP contribution in [0.3, 0.4) is 0 Å². The van der Waals surface area contributed by atoms with Crippen LogP contribution in [0.5, 0.6) is 0 Å². The molecule has 21 heavy (non-hydrogen) atoms. The number of amidine groups is 1. The van der Waals surface area contributed by atoms with Gasteiger partial charge in [-0.05, 0) is 19.3 Å². The summed E-state index contributed by atoms with van der Waals surface area (Å²) in [5, 5.41) is -1.19. The molecular weight excluding hydrogens is 302 g/mol. The fourth-order valence-corrected chi connectivity index (χ4v) is 4.86. The van der Waals surface area contributed by atoms with Gasteiger partial charge in [-0.15, -0.1) is 0 Å². The lowest BCUT2D eigenvalue weighted by molar-refractivity contribution is -0.0605. The minimum absolute atomic E-state index is 0.00614. The molecule has 2 aliphatic carbocycles. The number of alkyl halides is 2. The largest absolute Gasteiger partial charge is 0.460 e. The van der Waals surface area contributed by atoms with Crippen molar-refractivity contribution in [1.29, 1.82) is 0 Å². The van der Waals surface area contributed by atoms with Gasteiger partial charge in [0.05, 0.1) is 6.04 Å². The normalized spacial score (nSPS) is 37.3. The third-order valence-electron chi connectivity index (χ3n) is 4.47. The maximum atomic E-state index is 13.4. The maximum absolute atomic E-state index is 13.4. The van der Waals surface area contributed by atoms with Crippen LogP contribution in [-0.4, -0.2) is 37.8 Å². The summed E-state index contributed by atoms with van der Waals surface area (Å²) in [7, 11) is -3.84. The van der Waals surface area contributed by atoms with E-state index in [1.807, 2.05) is 0 Å². The summed E-state index contributed by atoms with van der Waals surface area (Å²) >= 11 is 0. The van der Waals surface area contributed by atoms with Crippen LogP contribution in [-0.2, 0) is 14.8 Å². The van der Waals surface area contributed by atoms with Crippen molar-refractivity contribution in [3.05, 3.63) is 0 Å². The highest BCUT2D eigenvalue weighted by Crippen LogP contribution is 2.39. The molecule has 120 valence electrons. The van der Waals surface area contributed by atoms with Crippen LogP contribution in [0.1, 0.15) is 51.4 Å². The molecule has 8 heteroatoms. The van der Waals surface area contributed by atoms with E-state index in [1.54, 1.807) is 0 Å². The topological polar surface area (TPSA) is 67.8 Å². The number of fused-ring (bicyclic) bond motifs is 1. The van der Waals surface area contributed by atoms with Gasteiger partial charge in [0.1, 0.15) is 11.4 Å². The molecule has 0 aromatic heterocycles. The van der Waals surface area contributed by atoms with E-state index in [0.29, 0.717) is 0 Å². The zero-order valence-electron chi connectivity index (χ0n) is 11.7. The molecular formula is C13H20F2N2O3S. The molecule has 3 aliphatic rings. The Morgan fingerprint density at radius 2 is 1.90 bits per heavy atom. The van der Waals surface area contributed by atoms with Crippen LogP contribution in [0, 0.1) is 0 Å². The Morgan fingerprint density at radius 3 is 2.62 bits per heavy atom. The molecule has 3 rings (SSSR count). The van der Waals surface area contributed by atoms with Crippen molar-refractivity contribution in [1.82, 2.24) is 4.72 Å². The van der Waals surface area contributed by atoms with Crippen molar-refractivity contribution in [2.45, 2.75) is 74.7 Å². The Bertz CT molecular complexity index is 530. The fraction of sp³-hybridized carbons (Fsp3) is 0.923. The molecule has 0 amide bonds. The monoisotopic (exact) mass is 322 g/mol. The first-order valence-electron chi connectivity index (χ1n) is 7.50. The van der Waals surface area contributed by atoms with Crippen molar-refractivity contribution in [3.63, 3.8) is 0 Å². The van der Waals surface area contributed by atoms with Crippen molar-refractivity contribution < 1.29 is 21.9 Å². The number of hydrogen-bond donors (Lipinski definition) is 1. The van der Waals surface area contributed by atoms with E-state index in [0.717, 1.165) is 25.7 Å². The van der Waals surface area contributed by atoms with Crippen LogP contribution >= 0.6 is 0 Å². The average Bonchev–Trinajstić information content (AvgIpc) is 2.40. The highest BCUT2D eigenvalue weighted by molar-refractivity contribution is 7.90. The summed E-state index contributed by atoms with van der Waals surface area (Å²) in [5.41, 5.74) is 0. The lowest BCUT2D eigenvalue weighted by Gasteiger charge is -2.39. The minimum atomic E-state index is -3.84. The van der Waals surface area contributed by atoms with Gasteiger partial charge in [0.25, 0.3) is 6.02 Å². The molecule has 1 aliphatic heterocycles. The molecule has 0 spiro atoms. The average molecular weight is 322 g/mol. The van der Waals surface area contributed by atoms with Crippen LogP contribution in [0.4, 0.5) is 8.78 Å². The van der Waals surface area contributed by atoms with E-state index in [2.05, 4.69) is 9.71 Å². The molecule has 1 heterocycles. The van der Waals surface area contributed by atoms with Gasteiger partial charge in [-0.25, -0.2) is 26.9 Å². The van der Waals surface area contributed by atoms with Crippen LogP contribution in [0.15, 0.2) is 4.99 Å².